The molecule has 2 N–H and O–H groups in total. The van der Waals surface area contributed by atoms with Gasteiger partial charge in [0, 0.05) is 6.54 Å². The highest BCUT2D eigenvalue weighted by atomic mass is 32.2. The Kier molecular flexibility index (Phi) is 4.26. The standard InChI is InChI=1S/C16H19NO2S/c1-12-6-8-15(9-7-12)20(18,19)16(11-17)14-5-3-4-13(2)10-14/h3-10,16H,11,17H2,1-2H3. The summed E-state index contributed by atoms with van der Waals surface area (Å²) >= 11 is 0. The monoisotopic (exact) mass is 289 g/mol. The molecule has 0 aliphatic heterocycles. The van der Waals surface area contributed by atoms with E-state index in [2.05, 4.69) is 0 Å². The van der Waals surface area contributed by atoms with Gasteiger partial charge in [0.1, 0.15) is 5.25 Å². The fraction of sp³-hybridized carbons (Fsp3) is 0.250. The van der Waals surface area contributed by atoms with E-state index in [-0.39, 0.29) is 6.54 Å². The molecule has 0 saturated heterocycles. The minimum atomic E-state index is -3.46. The highest BCUT2D eigenvalue weighted by Crippen LogP contribution is 2.28. The van der Waals surface area contributed by atoms with Crippen LogP contribution in [0.2, 0.25) is 0 Å². The first kappa shape index (κ1) is 14.8. The molecule has 2 aromatic rings. The lowest BCUT2D eigenvalue weighted by Gasteiger charge is -2.17. The van der Waals surface area contributed by atoms with E-state index >= 15 is 0 Å². The van der Waals surface area contributed by atoms with Crippen LogP contribution in [0.1, 0.15) is 21.9 Å². The summed E-state index contributed by atoms with van der Waals surface area (Å²) in [6, 6.07) is 14.4. The molecule has 0 heterocycles. The second-order valence-electron chi connectivity index (χ2n) is 5.00. The quantitative estimate of drug-likeness (QED) is 0.941. The van der Waals surface area contributed by atoms with Crippen LogP contribution >= 0.6 is 0 Å². The van der Waals surface area contributed by atoms with Crippen molar-refractivity contribution in [3.63, 3.8) is 0 Å². The summed E-state index contributed by atoms with van der Waals surface area (Å²) in [5, 5.41) is -0.704. The molecule has 3 nitrogen and oxygen atoms in total. The van der Waals surface area contributed by atoms with E-state index in [9.17, 15) is 8.42 Å². The normalized spacial score (nSPS) is 13.2. The zero-order valence-electron chi connectivity index (χ0n) is 11.7. The van der Waals surface area contributed by atoms with Gasteiger partial charge in [-0.05, 0) is 31.5 Å². The number of hydrogen-bond donors (Lipinski definition) is 1. The Morgan fingerprint density at radius 2 is 1.65 bits per heavy atom. The van der Waals surface area contributed by atoms with Gasteiger partial charge in [0.15, 0.2) is 9.84 Å². The lowest BCUT2D eigenvalue weighted by molar-refractivity contribution is 0.582. The van der Waals surface area contributed by atoms with Crippen molar-refractivity contribution >= 4 is 9.84 Å². The summed E-state index contributed by atoms with van der Waals surface area (Å²) < 4.78 is 25.4. The van der Waals surface area contributed by atoms with Gasteiger partial charge in [0.2, 0.25) is 0 Å². The van der Waals surface area contributed by atoms with Crippen molar-refractivity contribution < 1.29 is 8.42 Å². The van der Waals surface area contributed by atoms with Crippen molar-refractivity contribution in [2.24, 2.45) is 5.73 Å². The number of sulfone groups is 1. The molecule has 0 aliphatic carbocycles. The molecule has 106 valence electrons. The Bertz CT molecular complexity index is 691. The summed E-state index contributed by atoms with van der Waals surface area (Å²) in [7, 11) is -3.46. The van der Waals surface area contributed by atoms with Crippen molar-refractivity contribution in [3.8, 4) is 0 Å². The molecule has 2 aromatic carbocycles. The summed E-state index contributed by atoms with van der Waals surface area (Å²) in [5.41, 5.74) is 8.53. The molecule has 1 atom stereocenters. The largest absolute Gasteiger partial charge is 0.329 e. The third-order valence-corrected chi connectivity index (χ3v) is 5.50. The van der Waals surface area contributed by atoms with E-state index in [1.165, 1.54) is 0 Å². The second-order valence-corrected chi connectivity index (χ2v) is 7.13. The molecular formula is C16H19NO2S. The molecule has 0 fully saturated rings. The predicted molar refractivity (Wildman–Crippen MR) is 81.3 cm³/mol. The summed E-state index contributed by atoms with van der Waals surface area (Å²) in [6.07, 6.45) is 0. The SMILES string of the molecule is Cc1ccc(S(=O)(=O)C(CN)c2cccc(C)c2)cc1. The summed E-state index contributed by atoms with van der Waals surface area (Å²) in [5.74, 6) is 0. The number of hydrogen-bond acceptors (Lipinski definition) is 3. The average molecular weight is 289 g/mol. The first-order valence-corrected chi connectivity index (χ1v) is 8.07. The molecule has 0 aromatic heterocycles. The van der Waals surface area contributed by atoms with Crippen LogP contribution in [0.15, 0.2) is 53.4 Å². The molecule has 20 heavy (non-hydrogen) atoms. The second kappa shape index (κ2) is 5.77. The van der Waals surface area contributed by atoms with Gasteiger partial charge in [-0.15, -0.1) is 0 Å². The number of nitrogens with two attached hydrogens (primary N) is 1. The highest BCUT2D eigenvalue weighted by molar-refractivity contribution is 7.91. The van der Waals surface area contributed by atoms with Gasteiger partial charge in [-0.2, -0.15) is 0 Å². The molecule has 1 unspecified atom stereocenters. The minimum absolute atomic E-state index is 0.0691. The van der Waals surface area contributed by atoms with Gasteiger partial charge in [-0.25, -0.2) is 8.42 Å². The average Bonchev–Trinajstić information content (AvgIpc) is 2.40. The molecule has 0 radical (unpaired) electrons. The Morgan fingerprint density at radius 1 is 1.00 bits per heavy atom. The van der Waals surface area contributed by atoms with Crippen molar-refractivity contribution in [1.82, 2.24) is 0 Å². The van der Waals surface area contributed by atoms with Crippen molar-refractivity contribution in [2.45, 2.75) is 24.0 Å². The first-order valence-electron chi connectivity index (χ1n) is 6.52. The van der Waals surface area contributed by atoms with E-state index in [1.807, 2.05) is 38.1 Å². The zero-order chi connectivity index (χ0) is 14.8. The van der Waals surface area contributed by atoms with Crippen LogP contribution < -0.4 is 5.73 Å². The van der Waals surface area contributed by atoms with Crippen LogP contribution in [-0.4, -0.2) is 15.0 Å². The molecule has 0 saturated carbocycles. The van der Waals surface area contributed by atoms with Crippen LogP contribution in [0, 0.1) is 13.8 Å². The van der Waals surface area contributed by atoms with E-state index < -0.39 is 15.1 Å². The van der Waals surface area contributed by atoms with E-state index in [4.69, 9.17) is 5.73 Å². The Morgan fingerprint density at radius 3 is 2.20 bits per heavy atom. The third kappa shape index (κ3) is 2.92. The van der Waals surface area contributed by atoms with Gasteiger partial charge in [0.05, 0.1) is 4.90 Å². The van der Waals surface area contributed by atoms with Crippen molar-refractivity contribution in [1.29, 1.82) is 0 Å². The van der Waals surface area contributed by atoms with Crippen molar-refractivity contribution in [2.75, 3.05) is 6.54 Å². The van der Waals surface area contributed by atoms with Crippen LogP contribution in [0.3, 0.4) is 0 Å². The van der Waals surface area contributed by atoms with Crippen LogP contribution in [0.5, 0.6) is 0 Å². The molecule has 4 heteroatoms. The predicted octanol–water partition coefficient (Wildman–Crippen LogP) is 2.78. The van der Waals surface area contributed by atoms with Crippen molar-refractivity contribution in [3.05, 3.63) is 65.2 Å². The smallest absolute Gasteiger partial charge is 0.186 e. The van der Waals surface area contributed by atoms with Gasteiger partial charge in [-0.3, -0.25) is 0 Å². The molecule has 0 spiro atoms. The summed E-state index contributed by atoms with van der Waals surface area (Å²) in [4.78, 5) is 0.319. The zero-order valence-corrected chi connectivity index (χ0v) is 12.5. The van der Waals surface area contributed by atoms with E-state index in [0.717, 1.165) is 16.7 Å². The molecule has 2 rings (SSSR count). The lowest BCUT2D eigenvalue weighted by atomic mass is 10.1. The molecular weight excluding hydrogens is 270 g/mol. The Labute approximate surface area is 120 Å². The van der Waals surface area contributed by atoms with Gasteiger partial charge >= 0.3 is 0 Å². The molecule has 0 bridgehead atoms. The Balaban J connectivity index is 2.47. The van der Waals surface area contributed by atoms with Gasteiger partial charge in [0.25, 0.3) is 0 Å². The van der Waals surface area contributed by atoms with Crippen LogP contribution in [0.4, 0.5) is 0 Å². The highest BCUT2D eigenvalue weighted by Gasteiger charge is 2.27. The molecule has 0 aliphatic rings. The van der Waals surface area contributed by atoms with E-state index in [0.29, 0.717) is 4.90 Å². The van der Waals surface area contributed by atoms with Gasteiger partial charge in [-0.1, -0.05) is 47.5 Å². The van der Waals surface area contributed by atoms with Crippen LogP contribution in [-0.2, 0) is 9.84 Å². The number of rotatable bonds is 4. The maximum atomic E-state index is 12.7. The molecule has 0 amide bonds. The lowest BCUT2D eigenvalue weighted by Crippen LogP contribution is -2.22. The Hall–Kier alpha value is -1.65. The summed E-state index contributed by atoms with van der Waals surface area (Å²) in [6.45, 7) is 3.94. The fourth-order valence-electron chi connectivity index (χ4n) is 2.20. The van der Waals surface area contributed by atoms with E-state index in [1.54, 1.807) is 24.3 Å². The van der Waals surface area contributed by atoms with Crippen LogP contribution in [0.25, 0.3) is 0 Å². The topological polar surface area (TPSA) is 60.2 Å². The number of aryl methyl sites for hydroxylation is 2. The van der Waals surface area contributed by atoms with Gasteiger partial charge < -0.3 is 5.73 Å². The maximum absolute atomic E-state index is 12.7. The minimum Gasteiger partial charge on any atom is -0.329 e. The first-order chi connectivity index (χ1) is 9.45. The third-order valence-electron chi connectivity index (χ3n) is 3.35. The maximum Gasteiger partial charge on any atom is 0.186 e. The number of benzene rings is 2. The fourth-order valence-corrected chi connectivity index (χ4v) is 3.81.